The predicted molar refractivity (Wildman–Crippen MR) is 117 cm³/mol. The van der Waals surface area contributed by atoms with E-state index in [1.807, 2.05) is 75.6 Å². The molecule has 0 aliphatic carbocycles. The number of aromatic amines is 1. The van der Waals surface area contributed by atoms with Crippen LogP contribution < -0.4 is 4.90 Å². The Balaban J connectivity index is 1.71. The van der Waals surface area contributed by atoms with Crippen LogP contribution in [0.3, 0.4) is 0 Å². The zero-order chi connectivity index (χ0) is 19.8. The quantitative estimate of drug-likeness (QED) is 0.408. The van der Waals surface area contributed by atoms with Gasteiger partial charge in [0.1, 0.15) is 0 Å². The fraction of sp³-hybridized carbons (Fsp3) is 0.125. The second-order valence-corrected chi connectivity index (χ2v) is 7.50. The van der Waals surface area contributed by atoms with Crippen LogP contribution in [0.15, 0.2) is 66.9 Å². The van der Waals surface area contributed by atoms with E-state index in [9.17, 15) is 4.79 Å². The molecule has 1 heterocycles. The van der Waals surface area contributed by atoms with E-state index in [-0.39, 0.29) is 5.78 Å². The summed E-state index contributed by atoms with van der Waals surface area (Å²) in [5, 5.41) is 1.60. The molecule has 3 aromatic carbocycles. The van der Waals surface area contributed by atoms with Gasteiger partial charge in [-0.05, 0) is 55.8 Å². The Labute approximate surface area is 169 Å². The van der Waals surface area contributed by atoms with Gasteiger partial charge in [0.2, 0.25) is 0 Å². The summed E-state index contributed by atoms with van der Waals surface area (Å²) in [6, 6.07) is 19.7. The Bertz CT molecular complexity index is 1190. The first kappa shape index (κ1) is 18.3. The molecule has 140 valence electrons. The molecule has 28 heavy (non-hydrogen) atoms. The summed E-state index contributed by atoms with van der Waals surface area (Å²) in [6.07, 6.45) is 1.93. The van der Waals surface area contributed by atoms with Crippen LogP contribution in [-0.4, -0.2) is 17.8 Å². The third-order valence-corrected chi connectivity index (χ3v) is 5.46. The Kier molecular flexibility index (Phi) is 4.70. The van der Waals surface area contributed by atoms with Gasteiger partial charge in [-0.15, -0.1) is 0 Å². The summed E-state index contributed by atoms with van der Waals surface area (Å²) < 4.78 is 0. The minimum Gasteiger partial charge on any atom is -0.359 e. The molecule has 4 heteroatoms. The number of para-hydroxylation sites is 1. The molecule has 0 fully saturated rings. The molecule has 0 unspecified atom stereocenters. The van der Waals surface area contributed by atoms with Crippen molar-refractivity contribution < 1.29 is 4.79 Å². The Hall–Kier alpha value is -3.04. The Morgan fingerprint density at radius 3 is 2.57 bits per heavy atom. The molecule has 3 nitrogen and oxygen atoms in total. The molecule has 0 amide bonds. The summed E-state index contributed by atoms with van der Waals surface area (Å²) in [5.41, 5.74) is 6.25. The minimum atomic E-state index is -0.0492. The predicted octanol–water partition coefficient (Wildman–Crippen LogP) is 6.44. The van der Waals surface area contributed by atoms with Gasteiger partial charge in [0, 0.05) is 35.4 Å². The molecule has 0 saturated carbocycles. The van der Waals surface area contributed by atoms with Crippen LogP contribution in [0.1, 0.15) is 27.0 Å². The summed E-state index contributed by atoms with van der Waals surface area (Å²) in [5.74, 6) is -0.0492. The number of anilines is 2. The molecule has 4 rings (SSSR count). The Morgan fingerprint density at radius 2 is 1.79 bits per heavy atom. The van der Waals surface area contributed by atoms with Crippen molar-refractivity contribution >= 4 is 39.7 Å². The van der Waals surface area contributed by atoms with Crippen LogP contribution in [0.4, 0.5) is 11.4 Å². The summed E-state index contributed by atoms with van der Waals surface area (Å²) >= 11 is 6.54. The highest BCUT2D eigenvalue weighted by Crippen LogP contribution is 2.33. The fourth-order valence-electron chi connectivity index (χ4n) is 3.51. The van der Waals surface area contributed by atoms with Crippen molar-refractivity contribution in [3.8, 4) is 0 Å². The number of ketones is 1. The topological polar surface area (TPSA) is 36.1 Å². The highest BCUT2D eigenvalue weighted by molar-refractivity contribution is 6.35. The monoisotopic (exact) mass is 388 g/mol. The number of aryl methyl sites for hydroxylation is 2. The number of nitrogens with one attached hydrogen (secondary N) is 1. The number of fused-ring (bicyclic) bond motifs is 1. The highest BCUT2D eigenvalue weighted by atomic mass is 35.5. The second kappa shape index (κ2) is 7.17. The summed E-state index contributed by atoms with van der Waals surface area (Å²) in [6.45, 7) is 3.93. The Morgan fingerprint density at radius 1 is 0.964 bits per heavy atom. The zero-order valence-electron chi connectivity index (χ0n) is 16.1. The van der Waals surface area contributed by atoms with Gasteiger partial charge in [-0.3, -0.25) is 4.79 Å². The molecule has 1 N–H and O–H groups in total. The van der Waals surface area contributed by atoms with Crippen molar-refractivity contribution in [2.45, 2.75) is 13.8 Å². The van der Waals surface area contributed by atoms with Gasteiger partial charge in [-0.2, -0.15) is 0 Å². The molecule has 0 saturated heterocycles. The molecular weight excluding hydrogens is 368 g/mol. The molecular formula is C24H21ClN2O. The SMILES string of the molecule is Cc1ccc(C)c(C(=O)c2ccc(N(C)c3cccc4cc[nH]c34)cc2Cl)c1. The number of carbonyl (C=O) groups excluding carboxylic acids is 1. The van der Waals surface area contributed by atoms with Crippen LogP contribution in [-0.2, 0) is 0 Å². The van der Waals surface area contributed by atoms with Crippen molar-refractivity contribution in [3.05, 3.63) is 94.1 Å². The van der Waals surface area contributed by atoms with E-state index in [0.717, 1.165) is 33.4 Å². The van der Waals surface area contributed by atoms with E-state index < -0.39 is 0 Å². The maximum Gasteiger partial charge on any atom is 0.194 e. The van der Waals surface area contributed by atoms with Gasteiger partial charge in [0.25, 0.3) is 0 Å². The van der Waals surface area contributed by atoms with Crippen LogP contribution in [0.2, 0.25) is 5.02 Å². The van der Waals surface area contributed by atoms with Gasteiger partial charge in [0.05, 0.1) is 16.2 Å². The van der Waals surface area contributed by atoms with Gasteiger partial charge < -0.3 is 9.88 Å². The summed E-state index contributed by atoms with van der Waals surface area (Å²) in [7, 11) is 1.99. The number of H-pyrrole nitrogens is 1. The number of hydrogen-bond acceptors (Lipinski definition) is 2. The normalized spacial score (nSPS) is 11.0. The van der Waals surface area contributed by atoms with E-state index in [1.54, 1.807) is 0 Å². The first-order chi connectivity index (χ1) is 13.5. The number of rotatable bonds is 4. The lowest BCUT2D eigenvalue weighted by molar-refractivity contribution is 0.103. The lowest BCUT2D eigenvalue weighted by Crippen LogP contribution is -2.11. The first-order valence-electron chi connectivity index (χ1n) is 9.17. The van der Waals surface area contributed by atoms with Crippen LogP contribution >= 0.6 is 11.6 Å². The molecule has 1 aromatic heterocycles. The minimum absolute atomic E-state index is 0.0492. The van der Waals surface area contributed by atoms with E-state index in [0.29, 0.717) is 16.1 Å². The van der Waals surface area contributed by atoms with E-state index in [4.69, 9.17) is 11.6 Å². The number of aromatic nitrogens is 1. The first-order valence-corrected chi connectivity index (χ1v) is 9.55. The van der Waals surface area contributed by atoms with Crippen LogP contribution in [0, 0.1) is 13.8 Å². The van der Waals surface area contributed by atoms with E-state index in [1.165, 1.54) is 0 Å². The van der Waals surface area contributed by atoms with Crippen LogP contribution in [0.5, 0.6) is 0 Å². The molecule has 0 atom stereocenters. The third kappa shape index (κ3) is 3.19. The van der Waals surface area contributed by atoms with E-state index in [2.05, 4.69) is 22.0 Å². The molecule has 0 aliphatic rings. The standard InChI is InChI=1S/C24H21ClN2O/c1-15-7-8-16(2)20(13-15)24(28)19-10-9-18(14-21(19)25)27(3)22-6-4-5-17-11-12-26-23(17)22/h4-14,26H,1-3H3. The maximum atomic E-state index is 13.0. The zero-order valence-corrected chi connectivity index (χ0v) is 16.8. The number of hydrogen-bond donors (Lipinski definition) is 1. The van der Waals surface area contributed by atoms with Gasteiger partial charge >= 0.3 is 0 Å². The molecule has 0 bridgehead atoms. The van der Waals surface area contributed by atoms with Crippen LogP contribution in [0.25, 0.3) is 10.9 Å². The smallest absolute Gasteiger partial charge is 0.194 e. The molecule has 0 radical (unpaired) electrons. The average molecular weight is 389 g/mol. The molecule has 0 aliphatic heterocycles. The number of halogens is 1. The number of carbonyl (C=O) groups is 1. The summed E-state index contributed by atoms with van der Waals surface area (Å²) in [4.78, 5) is 18.4. The van der Waals surface area contributed by atoms with Crippen molar-refractivity contribution in [1.82, 2.24) is 4.98 Å². The number of benzene rings is 3. The third-order valence-electron chi connectivity index (χ3n) is 5.15. The lowest BCUT2D eigenvalue weighted by Gasteiger charge is -2.21. The van der Waals surface area contributed by atoms with Crippen molar-refractivity contribution in [3.63, 3.8) is 0 Å². The second-order valence-electron chi connectivity index (χ2n) is 7.09. The average Bonchev–Trinajstić information content (AvgIpc) is 3.17. The largest absolute Gasteiger partial charge is 0.359 e. The van der Waals surface area contributed by atoms with Crippen molar-refractivity contribution in [1.29, 1.82) is 0 Å². The molecule has 0 spiro atoms. The lowest BCUT2D eigenvalue weighted by atomic mass is 9.97. The highest BCUT2D eigenvalue weighted by Gasteiger charge is 2.17. The molecule has 4 aromatic rings. The van der Waals surface area contributed by atoms with Gasteiger partial charge in [-0.1, -0.05) is 41.4 Å². The van der Waals surface area contributed by atoms with Crippen molar-refractivity contribution in [2.24, 2.45) is 0 Å². The van der Waals surface area contributed by atoms with Crippen molar-refractivity contribution in [2.75, 3.05) is 11.9 Å². The van der Waals surface area contributed by atoms with Gasteiger partial charge in [0.15, 0.2) is 5.78 Å². The fourth-order valence-corrected chi connectivity index (χ4v) is 3.77. The van der Waals surface area contributed by atoms with E-state index >= 15 is 0 Å². The number of nitrogens with zero attached hydrogens (tertiary/aromatic N) is 1. The van der Waals surface area contributed by atoms with Gasteiger partial charge in [-0.25, -0.2) is 0 Å². The maximum absolute atomic E-state index is 13.0.